The van der Waals surface area contributed by atoms with Gasteiger partial charge in [0.1, 0.15) is 0 Å². The fourth-order valence-electron chi connectivity index (χ4n) is 7.11. The zero-order valence-corrected chi connectivity index (χ0v) is 28.2. The van der Waals surface area contributed by atoms with Gasteiger partial charge in [-0.3, -0.25) is 4.79 Å². The molecule has 0 spiro atoms. The van der Waals surface area contributed by atoms with E-state index >= 15 is 0 Å². The van der Waals surface area contributed by atoms with Gasteiger partial charge in [-0.1, -0.05) is 59.7 Å². The number of aliphatic hydroxyl groups excluding tert-OH is 1. The molecule has 0 saturated heterocycles. The molecule has 2 aliphatic rings. The summed E-state index contributed by atoms with van der Waals surface area (Å²) in [5.41, 5.74) is 6.63. The summed E-state index contributed by atoms with van der Waals surface area (Å²) in [5, 5.41) is 12.3. The van der Waals surface area contributed by atoms with Gasteiger partial charge in [-0.25, -0.2) is 0 Å². The number of pyridine rings is 1. The summed E-state index contributed by atoms with van der Waals surface area (Å²) in [6, 6.07) is 17.2. The second-order valence-electron chi connectivity index (χ2n) is 12.3. The van der Waals surface area contributed by atoms with E-state index in [9.17, 15) is 9.90 Å². The van der Waals surface area contributed by atoms with Crippen molar-refractivity contribution in [2.75, 3.05) is 0 Å². The third-order valence-corrected chi connectivity index (χ3v) is 9.61. The topological polar surface area (TPSA) is 50.2 Å². The monoisotopic (exact) mass is 731 g/mol. The van der Waals surface area contributed by atoms with E-state index in [0.29, 0.717) is 5.41 Å². The summed E-state index contributed by atoms with van der Waals surface area (Å²) in [4.78, 5) is 16.5. The largest absolute Gasteiger partial charge is 0.512 e. The predicted octanol–water partition coefficient (Wildman–Crippen LogP) is 10.0. The normalized spacial score (nSPS) is 19.8. The van der Waals surface area contributed by atoms with Crippen molar-refractivity contribution >= 4 is 16.6 Å². The minimum absolute atomic E-state index is 0. The molecule has 2 bridgehead atoms. The van der Waals surface area contributed by atoms with Crippen molar-refractivity contribution in [1.82, 2.24) is 4.98 Å². The number of carbonyl (C=O) groups excluding carboxylic acids is 1. The van der Waals surface area contributed by atoms with Gasteiger partial charge in [0.15, 0.2) is 5.78 Å². The second-order valence-corrected chi connectivity index (χ2v) is 12.3. The third kappa shape index (κ3) is 7.57. The number of rotatable bonds is 9. The van der Waals surface area contributed by atoms with Crippen LogP contribution in [0.4, 0.5) is 0 Å². The average Bonchev–Trinajstić information content (AvgIpc) is 3.56. The van der Waals surface area contributed by atoms with Crippen LogP contribution in [0.2, 0.25) is 0 Å². The fourth-order valence-corrected chi connectivity index (χ4v) is 7.11. The molecule has 0 unspecified atom stereocenters. The van der Waals surface area contributed by atoms with Crippen LogP contribution in [-0.2, 0) is 30.3 Å². The van der Waals surface area contributed by atoms with E-state index in [1.54, 1.807) is 5.56 Å². The van der Waals surface area contributed by atoms with Crippen LogP contribution in [0.1, 0.15) is 102 Å². The molecule has 4 heteroatoms. The maximum atomic E-state index is 11.7. The zero-order chi connectivity index (χ0) is 28.9. The van der Waals surface area contributed by atoms with Crippen LogP contribution >= 0.6 is 0 Å². The molecule has 0 aliphatic heterocycles. The van der Waals surface area contributed by atoms with Crippen LogP contribution in [0.25, 0.3) is 22.0 Å². The number of benzene rings is 2. The van der Waals surface area contributed by atoms with Crippen molar-refractivity contribution < 1.29 is 30.0 Å². The summed E-state index contributed by atoms with van der Waals surface area (Å²) in [6.45, 7) is 12.3. The number of aromatic nitrogens is 1. The van der Waals surface area contributed by atoms with Gasteiger partial charge in [-0.05, 0) is 97.2 Å². The number of ketones is 1. The number of hydrogen-bond donors (Lipinski definition) is 1. The summed E-state index contributed by atoms with van der Waals surface area (Å²) in [7, 11) is 0. The Labute approximate surface area is 261 Å². The molecular weight excluding hydrogens is 683 g/mol. The van der Waals surface area contributed by atoms with Gasteiger partial charge in [0, 0.05) is 44.2 Å². The van der Waals surface area contributed by atoms with Gasteiger partial charge in [0.25, 0.3) is 0 Å². The van der Waals surface area contributed by atoms with Crippen molar-refractivity contribution in [3.63, 3.8) is 0 Å². The van der Waals surface area contributed by atoms with E-state index in [1.807, 2.05) is 33.9 Å². The van der Waals surface area contributed by atoms with Crippen LogP contribution in [0.3, 0.4) is 0 Å². The number of hydrogen-bond acceptors (Lipinski definition) is 3. The minimum atomic E-state index is 0. The molecule has 3 aromatic rings. The zero-order valence-electron chi connectivity index (χ0n) is 25.9. The van der Waals surface area contributed by atoms with E-state index in [2.05, 4.69) is 56.3 Å². The van der Waals surface area contributed by atoms with Gasteiger partial charge in [-0.2, -0.15) is 0 Å². The van der Waals surface area contributed by atoms with E-state index in [0.717, 1.165) is 42.9 Å². The van der Waals surface area contributed by atoms with E-state index in [1.165, 1.54) is 60.1 Å². The second kappa shape index (κ2) is 14.7. The Morgan fingerprint density at radius 1 is 1.00 bits per heavy atom. The Kier molecular flexibility index (Phi) is 11.9. The van der Waals surface area contributed by atoms with Crippen LogP contribution < -0.4 is 0 Å². The summed E-state index contributed by atoms with van der Waals surface area (Å²) >= 11 is 0. The maximum absolute atomic E-state index is 11.7. The smallest absolute Gasteiger partial charge is 0.162 e. The van der Waals surface area contributed by atoms with Gasteiger partial charge >= 0.3 is 0 Å². The van der Waals surface area contributed by atoms with E-state index in [4.69, 9.17) is 4.98 Å². The van der Waals surface area contributed by atoms with Crippen molar-refractivity contribution in [2.45, 2.75) is 105 Å². The standard InChI is InChI=1S/C24H24N.C13H24O2.Ir/c1-16-11-17(2)13-20(12-16)23-22-14-21(4-3-19(22)7-10-25-23)24-8-5-18(15-24)6-9-24;1-5-10(6-2)12(14)9-13(15)11(7-3)8-4;/h3-4,7,10-12,14,18H,5-6,8-9,15H2,1-2H3;9-11,14H,5-8H2,1-4H3;/q-1;;/b;12-9-;. The molecule has 2 saturated carbocycles. The molecule has 1 N–H and O–H groups in total. The average molecular weight is 731 g/mol. The molecule has 5 rings (SSSR count). The first-order valence-electron chi connectivity index (χ1n) is 15.6. The Hall–Kier alpha value is -2.29. The van der Waals surface area contributed by atoms with Crippen LogP contribution in [0.5, 0.6) is 0 Å². The Bertz CT molecular complexity index is 1320. The van der Waals surface area contributed by atoms with Crippen molar-refractivity contribution in [2.24, 2.45) is 17.8 Å². The summed E-state index contributed by atoms with van der Waals surface area (Å²) in [5.74, 6) is 1.52. The number of allylic oxidation sites excluding steroid dienone is 2. The SMILES string of the molecule is CCC(CC)C(=O)/C=C(\O)C(CC)CC.Cc1[c-]c(-c2nccc3ccc(C45CCC(CC4)C5)cc23)cc(C)c1.[Ir]. The first-order chi connectivity index (χ1) is 19.2. The minimum Gasteiger partial charge on any atom is -0.512 e. The quantitative estimate of drug-likeness (QED) is 0.136. The van der Waals surface area contributed by atoms with Gasteiger partial charge < -0.3 is 10.1 Å². The first-order valence-corrected chi connectivity index (χ1v) is 15.6. The molecule has 2 aliphatic carbocycles. The van der Waals surface area contributed by atoms with Crippen LogP contribution in [-0.4, -0.2) is 15.9 Å². The summed E-state index contributed by atoms with van der Waals surface area (Å²) in [6.07, 6.45) is 13.8. The van der Waals surface area contributed by atoms with Crippen LogP contribution in [0.15, 0.2) is 54.4 Å². The first kappa shape index (κ1) is 33.2. The van der Waals surface area contributed by atoms with E-state index < -0.39 is 0 Å². The van der Waals surface area contributed by atoms with Gasteiger partial charge in [-0.15, -0.1) is 34.9 Å². The number of fused-ring (bicyclic) bond motifs is 3. The van der Waals surface area contributed by atoms with Crippen molar-refractivity contribution in [1.29, 1.82) is 0 Å². The van der Waals surface area contributed by atoms with Crippen molar-refractivity contribution in [3.05, 3.63) is 77.2 Å². The van der Waals surface area contributed by atoms with Gasteiger partial charge in [0.2, 0.25) is 0 Å². The summed E-state index contributed by atoms with van der Waals surface area (Å²) < 4.78 is 0. The molecular formula is C37H48IrNO2-. The molecule has 223 valence electrons. The van der Waals surface area contributed by atoms with E-state index in [-0.39, 0.29) is 43.5 Å². The third-order valence-electron chi connectivity index (χ3n) is 9.61. The maximum Gasteiger partial charge on any atom is 0.162 e. The molecule has 2 fully saturated rings. The molecule has 2 aromatic carbocycles. The molecule has 1 heterocycles. The fraction of sp³-hybridized carbons (Fsp3) is 0.514. The molecule has 1 aromatic heterocycles. The number of nitrogens with zero attached hydrogens (tertiary/aromatic N) is 1. The molecule has 0 amide bonds. The Balaban J connectivity index is 0.000000253. The number of carbonyl (C=O) groups is 1. The molecule has 41 heavy (non-hydrogen) atoms. The van der Waals surface area contributed by atoms with Crippen molar-refractivity contribution in [3.8, 4) is 11.3 Å². The van der Waals surface area contributed by atoms with Crippen LogP contribution in [0, 0.1) is 37.7 Å². The molecule has 1 radical (unpaired) electrons. The Morgan fingerprint density at radius 3 is 2.22 bits per heavy atom. The Morgan fingerprint density at radius 2 is 1.66 bits per heavy atom. The number of aliphatic hydroxyl groups is 1. The molecule has 0 atom stereocenters. The number of aryl methyl sites for hydroxylation is 2. The predicted molar refractivity (Wildman–Crippen MR) is 168 cm³/mol. The molecule has 3 nitrogen and oxygen atoms in total. The van der Waals surface area contributed by atoms with Gasteiger partial charge in [0.05, 0.1) is 5.76 Å².